The number of furan rings is 1. The summed E-state index contributed by atoms with van der Waals surface area (Å²) in [6.07, 6.45) is 1.96. The van der Waals surface area contributed by atoms with E-state index in [-0.39, 0.29) is 10.9 Å². The first kappa shape index (κ1) is 14.6. The van der Waals surface area contributed by atoms with Gasteiger partial charge in [0.2, 0.25) is 10.0 Å². The van der Waals surface area contributed by atoms with Crippen molar-refractivity contribution in [2.75, 3.05) is 6.54 Å². The minimum atomic E-state index is -3.45. The Morgan fingerprint density at radius 2 is 2.16 bits per heavy atom. The van der Waals surface area contributed by atoms with Gasteiger partial charge in [0.15, 0.2) is 0 Å². The SMILES string of the molecule is CCNCc1cc(S(=O)(=O)NC2CC2CC)c(C)o1. The van der Waals surface area contributed by atoms with Crippen molar-refractivity contribution in [3.63, 3.8) is 0 Å². The number of nitrogens with one attached hydrogen (secondary N) is 2. The molecule has 1 aromatic rings. The molecule has 0 saturated heterocycles. The van der Waals surface area contributed by atoms with Crippen molar-refractivity contribution in [2.45, 2.75) is 51.1 Å². The Balaban J connectivity index is 2.09. The Kier molecular flexibility index (Phi) is 4.32. The number of sulfonamides is 1. The summed E-state index contributed by atoms with van der Waals surface area (Å²) in [5.74, 6) is 1.60. The van der Waals surface area contributed by atoms with Crippen molar-refractivity contribution in [2.24, 2.45) is 5.92 Å². The third-order valence-electron chi connectivity index (χ3n) is 3.52. The molecule has 1 fully saturated rings. The second-order valence-electron chi connectivity index (χ2n) is 5.05. The van der Waals surface area contributed by atoms with E-state index in [9.17, 15) is 8.42 Å². The van der Waals surface area contributed by atoms with Crippen molar-refractivity contribution in [1.82, 2.24) is 10.0 Å². The average molecular weight is 286 g/mol. The molecule has 1 saturated carbocycles. The van der Waals surface area contributed by atoms with E-state index in [1.165, 1.54) is 0 Å². The number of hydrogen-bond donors (Lipinski definition) is 2. The van der Waals surface area contributed by atoms with Crippen molar-refractivity contribution in [1.29, 1.82) is 0 Å². The maximum absolute atomic E-state index is 12.3. The van der Waals surface area contributed by atoms with Gasteiger partial charge in [-0.3, -0.25) is 0 Å². The fourth-order valence-electron chi connectivity index (χ4n) is 2.23. The lowest BCUT2D eigenvalue weighted by Crippen LogP contribution is -2.27. The van der Waals surface area contributed by atoms with E-state index in [4.69, 9.17) is 4.42 Å². The van der Waals surface area contributed by atoms with Crippen LogP contribution in [0.25, 0.3) is 0 Å². The molecule has 0 radical (unpaired) electrons. The first-order valence-electron chi connectivity index (χ1n) is 6.80. The summed E-state index contributed by atoms with van der Waals surface area (Å²) in [5, 5.41) is 3.12. The molecule has 1 aromatic heterocycles. The molecule has 0 aliphatic heterocycles. The van der Waals surface area contributed by atoms with Gasteiger partial charge in [0.1, 0.15) is 16.4 Å². The van der Waals surface area contributed by atoms with Crippen LogP contribution in [0.5, 0.6) is 0 Å². The van der Waals surface area contributed by atoms with Gasteiger partial charge in [0, 0.05) is 12.1 Å². The largest absolute Gasteiger partial charge is 0.464 e. The molecule has 2 N–H and O–H groups in total. The zero-order chi connectivity index (χ0) is 14.0. The minimum Gasteiger partial charge on any atom is -0.464 e. The highest BCUT2D eigenvalue weighted by Crippen LogP contribution is 2.34. The summed E-state index contributed by atoms with van der Waals surface area (Å²) < 4.78 is 32.7. The van der Waals surface area contributed by atoms with E-state index >= 15 is 0 Å². The zero-order valence-corrected chi connectivity index (χ0v) is 12.5. The van der Waals surface area contributed by atoms with Crippen molar-refractivity contribution >= 4 is 10.0 Å². The van der Waals surface area contributed by atoms with Gasteiger partial charge in [0.25, 0.3) is 0 Å². The van der Waals surface area contributed by atoms with Crippen LogP contribution in [0.15, 0.2) is 15.4 Å². The lowest BCUT2D eigenvalue weighted by atomic mass is 10.3. The number of hydrogen-bond acceptors (Lipinski definition) is 4. The molecule has 0 bridgehead atoms. The Hall–Kier alpha value is -0.850. The monoisotopic (exact) mass is 286 g/mol. The molecule has 2 unspecified atom stereocenters. The summed E-state index contributed by atoms with van der Waals surface area (Å²) in [7, 11) is -3.45. The van der Waals surface area contributed by atoms with Crippen LogP contribution in [0.2, 0.25) is 0 Å². The molecule has 2 rings (SSSR count). The van der Waals surface area contributed by atoms with Crippen LogP contribution in [-0.2, 0) is 16.6 Å². The molecular formula is C13H22N2O3S. The van der Waals surface area contributed by atoms with Gasteiger partial charge in [-0.2, -0.15) is 0 Å². The molecule has 0 spiro atoms. The second-order valence-corrected chi connectivity index (χ2v) is 6.73. The second kappa shape index (κ2) is 5.64. The van der Waals surface area contributed by atoms with E-state index in [0.717, 1.165) is 19.4 Å². The standard InChI is InChI=1S/C13H22N2O3S/c1-4-10-6-12(10)15-19(16,17)13-7-11(8-14-5-2)18-9(13)3/h7,10,12,14-15H,4-6,8H2,1-3H3. The quantitative estimate of drug-likeness (QED) is 0.801. The predicted octanol–water partition coefficient (Wildman–Crippen LogP) is 1.77. The smallest absolute Gasteiger partial charge is 0.244 e. The molecule has 6 heteroatoms. The van der Waals surface area contributed by atoms with Crippen molar-refractivity contribution in [3.8, 4) is 0 Å². The predicted molar refractivity (Wildman–Crippen MR) is 73.3 cm³/mol. The maximum Gasteiger partial charge on any atom is 0.244 e. The molecule has 0 amide bonds. The topological polar surface area (TPSA) is 71.3 Å². The highest BCUT2D eigenvalue weighted by molar-refractivity contribution is 7.89. The van der Waals surface area contributed by atoms with Gasteiger partial charge in [-0.25, -0.2) is 13.1 Å². The highest BCUT2D eigenvalue weighted by atomic mass is 32.2. The van der Waals surface area contributed by atoms with Crippen molar-refractivity contribution < 1.29 is 12.8 Å². The molecule has 1 aliphatic rings. The van der Waals surface area contributed by atoms with Crippen LogP contribution in [-0.4, -0.2) is 21.0 Å². The van der Waals surface area contributed by atoms with Crippen LogP contribution in [0, 0.1) is 12.8 Å². The van der Waals surface area contributed by atoms with Crippen LogP contribution >= 0.6 is 0 Å². The summed E-state index contributed by atoms with van der Waals surface area (Å²) in [6.45, 7) is 7.13. The first-order chi connectivity index (χ1) is 8.97. The summed E-state index contributed by atoms with van der Waals surface area (Å²) >= 11 is 0. The van der Waals surface area contributed by atoms with Crippen LogP contribution in [0.3, 0.4) is 0 Å². The van der Waals surface area contributed by atoms with Gasteiger partial charge in [0.05, 0.1) is 6.54 Å². The molecule has 5 nitrogen and oxygen atoms in total. The summed E-state index contributed by atoms with van der Waals surface area (Å²) in [4.78, 5) is 0.266. The van der Waals surface area contributed by atoms with Crippen LogP contribution < -0.4 is 10.0 Å². The molecule has 1 aliphatic carbocycles. The third-order valence-corrected chi connectivity index (χ3v) is 5.11. The Labute approximate surface area is 114 Å². The molecule has 0 aromatic carbocycles. The average Bonchev–Trinajstić information content (AvgIpc) is 2.97. The number of aryl methyl sites for hydroxylation is 1. The van der Waals surface area contributed by atoms with Crippen molar-refractivity contribution in [3.05, 3.63) is 17.6 Å². The van der Waals surface area contributed by atoms with E-state index in [1.807, 2.05) is 6.92 Å². The van der Waals surface area contributed by atoms with Gasteiger partial charge in [-0.1, -0.05) is 20.3 Å². The van der Waals surface area contributed by atoms with Gasteiger partial charge in [-0.15, -0.1) is 0 Å². The fraction of sp³-hybridized carbons (Fsp3) is 0.692. The lowest BCUT2D eigenvalue weighted by Gasteiger charge is -2.04. The maximum atomic E-state index is 12.3. The molecular weight excluding hydrogens is 264 g/mol. The van der Waals surface area contributed by atoms with E-state index in [2.05, 4.69) is 17.0 Å². The highest BCUT2D eigenvalue weighted by Gasteiger charge is 2.39. The van der Waals surface area contributed by atoms with E-state index in [1.54, 1.807) is 13.0 Å². The van der Waals surface area contributed by atoms with Crippen LogP contribution in [0.4, 0.5) is 0 Å². The summed E-state index contributed by atoms with van der Waals surface area (Å²) in [5.41, 5.74) is 0. The zero-order valence-electron chi connectivity index (χ0n) is 11.7. The Bertz CT molecular complexity index is 536. The third kappa shape index (κ3) is 3.38. The fourth-order valence-corrected chi connectivity index (χ4v) is 3.75. The molecule has 1 heterocycles. The van der Waals surface area contributed by atoms with E-state index < -0.39 is 10.0 Å². The molecule has 2 atom stereocenters. The van der Waals surface area contributed by atoms with Gasteiger partial charge < -0.3 is 9.73 Å². The first-order valence-corrected chi connectivity index (χ1v) is 8.28. The minimum absolute atomic E-state index is 0.0986. The summed E-state index contributed by atoms with van der Waals surface area (Å²) in [6, 6.07) is 1.71. The molecule has 19 heavy (non-hydrogen) atoms. The Morgan fingerprint density at radius 3 is 2.74 bits per heavy atom. The van der Waals surface area contributed by atoms with Crippen LogP contribution in [0.1, 0.15) is 38.2 Å². The normalized spacial score (nSPS) is 22.7. The number of rotatable bonds is 7. The lowest BCUT2D eigenvalue weighted by molar-refractivity contribution is 0.460. The Morgan fingerprint density at radius 1 is 1.42 bits per heavy atom. The molecule has 108 valence electrons. The van der Waals surface area contributed by atoms with Gasteiger partial charge in [-0.05, 0) is 25.8 Å². The van der Waals surface area contributed by atoms with Gasteiger partial charge >= 0.3 is 0 Å². The van der Waals surface area contributed by atoms with E-state index in [0.29, 0.717) is 24.0 Å².